The third kappa shape index (κ3) is 4.56. The number of hydrogen-bond acceptors (Lipinski definition) is 6. The molecule has 11 heteroatoms. The maximum atomic E-state index is 15.3. The molecule has 200 valence electrons. The highest BCUT2D eigenvalue weighted by atomic mass is 19.2. The van der Waals surface area contributed by atoms with Crippen molar-refractivity contribution in [3.63, 3.8) is 0 Å². The van der Waals surface area contributed by atoms with Crippen LogP contribution >= 0.6 is 0 Å². The van der Waals surface area contributed by atoms with Crippen molar-refractivity contribution in [3.05, 3.63) is 46.4 Å². The number of nitrogens with zero attached hydrogens (tertiary/aromatic N) is 4. The number of halogens is 3. The fourth-order valence-corrected chi connectivity index (χ4v) is 5.21. The van der Waals surface area contributed by atoms with Gasteiger partial charge in [0.2, 0.25) is 11.9 Å². The molecule has 0 saturated carbocycles. The quantitative estimate of drug-likeness (QED) is 0.510. The standard InChI is InChI=1S/C26H29F3N6O2.2H2/c1-3-14-7-8-35(24(14)36)20-6-5-18(21(28)22(20)29)19-9-15-11-31-26(32-17-10-16(27)12-30-13-17)33-23(15)34(4-2)25(19)37;;/h5-6,9,11,14,16-17,30H,3-4,7-8,10,12-13H2,1-2H3,(H,31,32,33);2*1H/t14?,16-,17-;;/m0../s1. The van der Waals surface area contributed by atoms with Gasteiger partial charge in [-0.2, -0.15) is 4.98 Å². The summed E-state index contributed by atoms with van der Waals surface area (Å²) in [4.78, 5) is 36.0. The normalized spacial score (nSPS) is 22.1. The van der Waals surface area contributed by atoms with Gasteiger partial charge >= 0.3 is 0 Å². The number of piperidine rings is 1. The topological polar surface area (TPSA) is 92.2 Å². The minimum Gasteiger partial charge on any atom is -0.350 e. The molecule has 3 aromatic rings. The largest absolute Gasteiger partial charge is 0.350 e. The monoisotopic (exact) mass is 518 g/mol. The Balaban J connectivity index is 0.00000210. The molecule has 2 saturated heterocycles. The highest BCUT2D eigenvalue weighted by Gasteiger charge is 2.34. The summed E-state index contributed by atoms with van der Waals surface area (Å²) in [5, 5.41) is 6.57. The molecule has 1 amide bonds. The summed E-state index contributed by atoms with van der Waals surface area (Å²) >= 11 is 0. The van der Waals surface area contributed by atoms with E-state index < -0.39 is 23.4 Å². The van der Waals surface area contributed by atoms with Gasteiger partial charge in [0.1, 0.15) is 11.8 Å². The molecule has 8 nitrogen and oxygen atoms in total. The average Bonchev–Trinajstić information content (AvgIpc) is 3.25. The Morgan fingerprint density at radius 3 is 2.68 bits per heavy atom. The first-order valence-corrected chi connectivity index (χ1v) is 12.6. The van der Waals surface area contributed by atoms with Crippen molar-refractivity contribution in [2.45, 2.75) is 51.9 Å². The van der Waals surface area contributed by atoms with E-state index in [1.54, 1.807) is 6.92 Å². The summed E-state index contributed by atoms with van der Waals surface area (Å²) in [5.74, 6) is -2.51. The van der Waals surface area contributed by atoms with Gasteiger partial charge in [-0.3, -0.25) is 14.2 Å². The molecule has 0 bridgehead atoms. The number of aromatic nitrogens is 3. The summed E-state index contributed by atoms with van der Waals surface area (Å²) < 4.78 is 45.6. The number of carbonyl (C=O) groups excluding carboxylic acids is 1. The van der Waals surface area contributed by atoms with Crippen LogP contribution < -0.4 is 21.1 Å². The zero-order chi connectivity index (χ0) is 26.3. The Hall–Kier alpha value is -3.47. The van der Waals surface area contributed by atoms with E-state index in [0.717, 1.165) is 0 Å². The Bertz CT molecular complexity index is 1420. The van der Waals surface area contributed by atoms with E-state index in [4.69, 9.17) is 0 Å². The van der Waals surface area contributed by atoms with E-state index in [9.17, 15) is 14.0 Å². The molecular formula is C26H33F3N6O2. The second kappa shape index (κ2) is 10.1. The number of aryl methyl sites for hydroxylation is 1. The van der Waals surface area contributed by atoms with E-state index in [1.807, 2.05) is 6.92 Å². The van der Waals surface area contributed by atoms with E-state index in [1.165, 1.54) is 33.9 Å². The van der Waals surface area contributed by atoms with Crippen molar-refractivity contribution < 1.29 is 20.8 Å². The lowest BCUT2D eigenvalue weighted by atomic mass is 10.0. The van der Waals surface area contributed by atoms with Crippen LogP contribution in [0.5, 0.6) is 0 Å². The van der Waals surface area contributed by atoms with Crippen molar-refractivity contribution in [3.8, 4) is 11.1 Å². The smallest absolute Gasteiger partial charge is 0.260 e. The van der Waals surface area contributed by atoms with Gasteiger partial charge in [0, 0.05) is 64.6 Å². The molecule has 3 atom stereocenters. The Kier molecular flexibility index (Phi) is 6.89. The molecule has 37 heavy (non-hydrogen) atoms. The molecule has 5 rings (SSSR count). The Labute approximate surface area is 214 Å². The van der Waals surface area contributed by atoms with Crippen LogP contribution in [0, 0.1) is 17.6 Å². The third-order valence-electron chi connectivity index (χ3n) is 7.23. The molecule has 2 aliphatic rings. The average molecular weight is 519 g/mol. The number of amides is 1. The van der Waals surface area contributed by atoms with Crippen LogP contribution in [-0.2, 0) is 11.3 Å². The van der Waals surface area contributed by atoms with Crippen molar-refractivity contribution in [2.24, 2.45) is 5.92 Å². The number of benzene rings is 1. The van der Waals surface area contributed by atoms with Crippen LogP contribution in [0.3, 0.4) is 0 Å². The fraction of sp³-hybridized carbons (Fsp3) is 0.462. The Morgan fingerprint density at radius 2 is 1.97 bits per heavy atom. The molecule has 1 unspecified atom stereocenters. The lowest BCUT2D eigenvalue weighted by Gasteiger charge is -2.26. The first kappa shape index (κ1) is 25.2. The highest BCUT2D eigenvalue weighted by Crippen LogP contribution is 2.34. The number of anilines is 2. The Morgan fingerprint density at radius 1 is 1.16 bits per heavy atom. The maximum Gasteiger partial charge on any atom is 0.260 e. The molecule has 0 radical (unpaired) electrons. The summed E-state index contributed by atoms with van der Waals surface area (Å²) in [5.41, 5.74) is -0.543. The molecule has 2 aliphatic heterocycles. The summed E-state index contributed by atoms with van der Waals surface area (Å²) in [7, 11) is 0. The number of carbonyl (C=O) groups is 1. The van der Waals surface area contributed by atoms with Gasteiger partial charge in [-0.25, -0.2) is 18.2 Å². The zero-order valence-corrected chi connectivity index (χ0v) is 20.7. The molecule has 2 aromatic heterocycles. The van der Waals surface area contributed by atoms with Crippen LogP contribution in [0.25, 0.3) is 22.2 Å². The lowest BCUT2D eigenvalue weighted by molar-refractivity contribution is -0.120. The molecular weight excluding hydrogens is 485 g/mol. The number of pyridine rings is 1. The van der Waals surface area contributed by atoms with Gasteiger partial charge in [0.05, 0.1) is 11.3 Å². The van der Waals surface area contributed by atoms with Crippen LogP contribution in [0.2, 0.25) is 0 Å². The van der Waals surface area contributed by atoms with Gasteiger partial charge in [0.25, 0.3) is 5.56 Å². The number of hydrogen-bond donors (Lipinski definition) is 2. The van der Waals surface area contributed by atoms with Crippen molar-refractivity contribution in [1.29, 1.82) is 0 Å². The predicted molar refractivity (Wildman–Crippen MR) is 140 cm³/mol. The number of rotatable bonds is 6. The summed E-state index contributed by atoms with van der Waals surface area (Å²) in [6.45, 7) is 5.06. The summed E-state index contributed by atoms with van der Waals surface area (Å²) in [6.07, 6.45) is 2.07. The molecule has 4 heterocycles. The second-order valence-electron chi connectivity index (χ2n) is 9.56. The van der Waals surface area contributed by atoms with Gasteiger partial charge in [-0.05, 0) is 38.0 Å². The van der Waals surface area contributed by atoms with Gasteiger partial charge in [-0.1, -0.05) is 6.92 Å². The first-order valence-electron chi connectivity index (χ1n) is 12.6. The van der Waals surface area contributed by atoms with Gasteiger partial charge in [0.15, 0.2) is 11.6 Å². The summed E-state index contributed by atoms with van der Waals surface area (Å²) in [6, 6.07) is 3.93. The molecule has 0 spiro atoms. The SMILES string of the molecule is CCC1CCN(c2ccc(-c3cc4cnc(N[C@@H]5CNC[C@@H](F)C5)nc4n(CC)c3=O)c(F)c2F)C1=O.[HH].[HH]. The maximum absolute atomic E-state index is 15.3. The second-order valence-corrected chi connectivity index (χ2v) is 9.56. The van der Waals surface area contributed by atoms with Crippen LogP contribution in [0.4, 0.5) is 24.8 Å². The minimum absolute atomic E-state index is 0. The van der Waals surface area contributed by atoms with Gasteiger partial charge in [-0.15, -0.1) is 0 Å². The van der Waals surface area contributed by atoms with Crippen molar-refractivity contribution >= 4 is 28.6 Å². The number of nitrogens with one attached hydrogen (secondary N) is 2. The van der Waals surface area contributed by atoms with E-state index >= 15 is 8.78 Å². The molecule has 1 aromatic carbocycles. The lowest BCUT2D eigenvalue weighted by Crippen LogP contribution is -2.44. The van der Waals surface area contributed by atoms with Crippen molar-refractivity contribution in [2.75, 3.05) is 29.9 Å². The predicted octanol–water partition coefficient (Wildman–Crippen LogP) is 4.12. The highest BCUT2D eigenvalue weighted by molar-refractivity contribution is 5.97. The van der Waals surface area contributed by atoms with Crippen LogP contribution in [0.15, 0.2) is 29.2 Å². The van der Waals surface area contributed by atoms with Gasteiger partial charge < -0.3 is 15.5 Å². The molecule has 2 fully saturated rings. The van der Waals surface area contributed by atoms with Crippen molar-refractivity contribution in [1.82, 2.24) is 19.9 Å². The third-order valence-corrected chi connectivity index (χ3v) is 7.23. The van der Waals surface area contributed by atoms with Crippen LogP contribution in [-0.4, -0.2) is 52.3 Å². The number of alkyl halides is 1. The minimum atomic E-state index is -1.19. The molecule has 0 aliphatic carbocycles. The van der Waals surface area contributed by atoms with Crippen LogP contribution in [0.1, 0.15) is 36.0 Å². The van der Waals surface area contributed by atoms with E-state index in [2.05, 4.69) is 20.6 Å². The zero-order valence-electron chi connectivity index (χ0n) is 20.7. The molecule has 2 N–H and O–H groups in total. The van der Waals surface area contributed by atoms with E-state index in [-0.39, 0.29) is 50.0 Å². The first-order chi connectivity index (χ1) is 17.8. The number of fused-ring (bicyclic) bond motifs is 1. The fourth-order valence-electron chi connectivity index (χ4n) is 5.21. The van der Waals surface area contributed by atoms with E-state index in [0.29, 0.717) is 49.9 Å².